The Morgan fingerprint density at radius 3 is 2.78 bits per heavy atom. The first kappa shape index (κ1) is 18.2. The normalized spacial score (nSPS) is 10.6. The van der Waals surface area contributed by atoms with Crippen molar-refractivity contribution in [2.75, 3.05) is 11.9 Å². The molecule has 1 N–H and O–H groups in total. The van der Waals surface area contributed by atoms with Crippen LogP contribution in [0.25, 0.3) is 10.9 Å². The first-order chi connectivity index (χ1) is 12.9. The summed E-state index contributed by atoms with van der Waals surface area (Å²) in [5, 5.41) is 2.93. The number of rotatable bonds is 5. The van der Waals surface area contributed by atoms with Crippen LogP contribution in [0.2, 0.25) is 0 Å². The Kier molecular flexibility index (Phi) is 5.25. The minimum absolute atomic E-state index is 0.195. The van der Waals surface area contributed by atoms with Crippen LogP contribution in [-0.2, 0) is 20.9 Å². The SMILES string of the molecule is CC(=O)OCC(=O)Nc1ccc2c(=O)n(Cc3cccc(F)c3)cnc2c1. The molecule has 2 aromatic carbocycles. The summed E-state index contributed by atoms with van der Waals surface area (Å²) in [7, 11) is 0. The lowest BCUT2D eigenvalue weighted by Crippen LogP contribution is -2.22. The van der Waals surface area contributed by atoms with Crippen LogP contribution in [0.5, 0.6) is 0 Å². The van der Waals surface area contributed by atoms with Crippen molar-refractivity contribution < 1.29 is 18.7 Å². The summed E-state index contributed by atoms with van der Waals surface area (Å²) in [6.45, 7) is 1.01. The Morgan fingerprint density at radius 1 is 1.22 bits per heavy atom. The van der Waals surface area contributed by atoms with E-state index in [4.69, 9.17) is 0 Å². The number of nitrogens with zero attached hydrogens (tertiary/aromatic N) is 2. The zero-order valence-corrected chi connectivity index (χ0v) is 14.4. The lowest BCUT2D eigenvalue weighted by molar-refractivity contribution is -0.144. The van der Waals surface area contributed by atoms with Crippen molar-refractivity contribution in [2.24, 2.45) is 0 Å². The number of hydrogen-bond donors (Lipinski definition) is 1. The summed E-state index contributed by atoms with van der Waals surface area (Å²) < 4.78 is 19.3. The monoisotopic (exact) mass is 369 g/mol. The van der Waals surface area contributed by atoms with Crippen LogP contribution in [0.15, 0.2) is 53.6 Å². The van der Waals surface area contributed by atoms with E-state index in [0.29, 0.717) is 22.2 Å². The molecular weight excluding hydrogens is 353 g/mol. The molecule has 1 heterocycles. The number of esters is 1. The number of halogens is 1. The third-order valence-corrected chi connectivity index (χ3v) is 3.76. The van der Waals surface area contributed by atoms with Gasteiger partial charge in [-0.1, -0.05) is 12.1 Å². The fourth-order valence-electron chi connectivity index (χ4n) is 2.54. The molecular formula is C19H16FN3O4. The van der Waals surface area contributed by atoms with Crippen LogP contribution in [0, 0.1) is 5.82 Å². The van der Waals surface area contributed by atoms with Gasteiger partial charge in [0.2, 0.25) is 0 Å². The van der Waals surface area contributed by atoms with Crippen molar-refractivity contribution >= 4 is 28.5 Å². The second-order valence-corrected chi connectivity index (χ2v) is 5.87. The summed E-state index contributed by atoms with van der Waals surface area (Å²) in [5.41, 5.74) is 1.20. The number of carbonyl (C=O) groups is 2. The largest absolute Gasteiger partial charge is 0.456 e. The highest BCUT2D eigenvalue weighted by Crippen LogP contribution is 2.15. The van der Waals surface area contributed by atoms with Gasteiger partial charge in [0, 0.05) is 12.6 Å². The van der Waals surface area contributed by atoms with Gasteiger partial charge in [0.05, 0.1) is 23.8 Å². The number of fused-ring (bicyclic) bond motifs is 1. The maximum Gasteiger partial charge on any atom is 0.303 e. The molecule has 0 atom stereocenters. The molecule has 0 saturated carbocycles. The van der Waals surface area contributed by atoms with Gasteiger partial charge in [0.1, 0.15) is 5.82 Å². The zero-order chi connectivity index (χ0) is 19.4. The maximum atomic E-state index is 13.3. The van der Waals surface area contributed by atoms with Crippen molar-refractivity contribution in [3.05, 3.63) is 70.5 Å². The second-order valence-electron chi connectivity index (χ2n) is 5.87. The molecule has 1 amide bonds. The number of ether oxygens (including phenoxy) is 1. The molecule has 0 spiro atoms. The van der Waals surface area contributed by atoms with E-state index < -0.39 is 18.5 Å². The van der Waals surface area contributed by atoms with Gasteiger partial charge in [-0.3, -0.25) is 19.0 Å². The minimum atomic E-state index is -0.552. The van der Waals surface area contributed by atoms with Crippen LogP contribution in [0.1, 0.15) is 12.5 Å². The van der Waals surface area contributed by atoms with Crippen molar-refractivity contribution in [3.8, 4) is 0 Å². The Labute approximate surface area is 153 Å². The molecule has 7 nitrogen and oxygen atoms in total. The van der Waals surface area contributed by atoms with Gasteiger partial charge in [-0.2, -0.15) is 0 Å². The van der Waals surface area contributed by atoms with Crippen LogP contribution < -0.4 is 10.9 Å². The van der Waals surface area contributed by atoms with Gasteiger partial charge < -0.3 is 10.1 Å². The predicted molar refractivity (Wildman–Crippen MR) is 96.8 cm³/mol. The molecule has 0 aliphatic heterocycles. The first-order valence-corrected chi connectivity index (χ1v) is 8.09. The van der Waals surface area contributed by atoms with Crippen LogP contribution >= 0.6 is 0 Å². The molecule has 3 aromatic rings. The molecule has 1 aromatic heterocycles. The summed E-state index contributed by atoms with van der Waals surface area (Å²) in [5.74, 6) is -1.42. The summed E-state index contributed by atoms with van der Waals surface area (Å²) in [4.78, 5) is 39.3. The van der Waals surface area contributed by atoms with Crippen molar-refractivity contribution in [1.29, 1.82) is 0 Å². The quantitative estimate of drug-likeness (QED) is 0.696. The van der Waals surface area contributed by atoms with E-state index in [9.17, 15) is 18.8 Å². The molecule has 138 valence electrons. The van der Waals surface area contributed by atoms with E-state index in [-0.39, 0.29) is 17.9 Å². The summed E-state index contributed by atoms with van der Waals surface area (Å²) in [6.07, 6.45) is 1.38. The van der Waals surface area contributed by atoms with Gasteiger partial charge in [-0.25, -0.2) is 9.37 Å². The maximum absolute atomic E-state index is 13.3. The van der Waals surface area contributed by atoms with Crippen molar-refractivity contribution in [3.63, 3.8) is 0 Å². The van der Waals surface area contributed by atoms with Gasteiger partial charge in [0.15, 0.2) is 6.61 Å². The topological polar surface area (TPSA) is 90.3 Å². The van der Waals surface area contributed by atoms with Gasteiger partial charge in [0.25, 0.3) is 11.5 Å². The predicted octanol–water partition coefficient (Wildman–Crippen LogP) is 2.09. The number of nitrogens with one attached hydrogen (secondary N) is 1. The molecule has 0 bridgehead atoms. The average Bonchev–Trinajstić information content (AvgIpc) is 2.62. The number of benzene rings is 2. The molecule has 0 aliphatic rings. The standard InChI is InChI=1S/C19H16FN3O4/c1-12(24)27-10-18(25)22-15-5-6-16-17(8-15)21-11-23(19(16)26)9-13-3-2-4-14(20)7-13/h2-8,11H,9-10H2,1H3,(H,22,25). The first-order valence-electron chi connectivity index (χ1n) is 8.09. The lowest BCUT2D eigenvalue weighted by Gasteiger charge is -2.09. The third kappa shape index (κ3) is 4.55. The van der Waals surface area contributed by atoms with Gasteiger partial charge in [-0.05, 0) is 35.9 Å². The number of aromatic nitrogens is 2. The smallest absolute Gasteiger partial charge is 0.303 e. The van der Waals surface area contributed by atoms with E-state index in [2.05, 4.69) is 15.0 Å². The van der Waals surface area contributed by atoms with E-state index in [0.717, 1.165) is 0 Å². The Hall–Kier alpha value is -3.55. The molecule has 3 rings (SSSR count). The zero-order valence-electron chi connectivity index (χ0n) is 14.4. The number of hydrogen-bond acceptors (Lipinski definition) is 5. The number of amides is 1. The number of anilines is 1. The van der Waals surface area contributed by atoms with E-state index in [1.54, 1.807) is 30.3 Å². The van der Waals surface area contributed by atoms with Crippen molar-refractivity contribution in [2.45, 2.75) is 13.5 Å². The summed E-state index contributed by atoms with van der Waals surface area (Å²) in [6, 6.07) is 10.7. The van der Waals surface area contributed by atoms with Crippen molar-refractivity contribution in [1.82, 2.24) is 9.55 Å². The number of carbonyl (C=O) groups excluding carboxylic acids is 2. The van der Waals surface area contributed by atoms with Crippen LogP contribution in [-0.4, -0.2) is 28.0 Å². The van der Waals surface area contributed by atoms with Crippen LogP contribution in [0.4, 0.5) is 10.1 Å². The fraction of sp³-hybridized carbons (Fsp3) is 0.158. The van der Waals surface area contributed by atoms with E-state index in [1.165, 1.54) is 30.0 Å². The average molecular weight is 369 g/mol. The van der Waals surface area contributed by atoms with E-state index >= 15 is 0 Å². The molecule has 0 saturated heterocycles. The fourth-order valence-corrected chi connectivity index (χ4v) is 2.54. The second kappa shape index (κ2) is 7.77. The lowest BCUT2D eigenvalue weighted by atomic mass is 10.2. The molecule has 0 unspecified atom stereocenters. The summed E-state index contributed by atoms with van der Waals surface area (Å²) >= 11 is 0. The van der Waals surface area contributed by atoms with Gasteiger partial charge in [-0.15, -0.1) is 0 Å². The highest BCUT2D eigenvalue weighted by molar-refractivity contribution is 5.94. The minimum Gasteiger partial charge on any atom is -0.456 e. The molecule has 0 fully saturated rings. The molecule has 0 aliphatic carbocycles. The molecule has 27 heavy (non-hydrogen) atoms. The highest BCUT2D eigenvalue weighted by Gasteiger charge is 2.09. The Balaban J connectivity index is 1.82. The van der Waals surface area contributed by atoms with E-state index in [1.807, 2.05) is 0 Å². The Bertz CT molecular complexity index is 1080. The molecule has 8 heteroatoms. The van der Waals surface area contributed by atoms with Gasteiger partial charge >= 0.3 is 5.97 Å². The highest BCUT2D eigenvalue weighted by atomic mass is 19.1. The molecule has 0 radical (unpaired) electrons. The van der Waals surface area contributed by atoms with Crippen LogP contribution in [0.3, 0.4) is 0 Å². The Morgan fingerprint density at radius 2 is 2.04 bits per heavy atom. The third-order valence-electron chi connectivity index (χ3n) is 3.76.